The molecule has 0 spiro atoms. The number of nitrogens with zero attached hydrogens (tertiary/aromatic N) is 1. The minimum Gasteiger partial charge on any atom is -0.305 e. The number of nitrogens with one attached hydrogen (secondary N) is 1. The molecule has 1 fully saturated rings. The number of aryl methyl sites for hydroxylation is 1. The van der Waals surface area contributed by atoms with Gasteiger partial charge >= 0.3 is 0 Å². The lowest BCUT2D eigenvalue weighted by Crippen LogP contribution is -2.45. The molecule has 2 aromatic rings. The van der Waals surface area contributed by atoms with E-state index in [4.69, 9.17) is 0 Å². The quantitative estimate of drug-likeness (QED) is 0.841. The second kappa shape index (κ2) is 7.66. The van der Waals surface area contributed by atoms with Crippen LogP contribution < -0.4 is 4.72 Å². The largest absolute Gasteiger partial charge is 0.305 e. The summed E-state index contributed by atoms with van der Waals surface area (Å²) in [5.41, 5.74) is 1.61. The molecule has 0 aliphatic heterocycles. The van der Waals surface area contributed by atoms with E-state index < -0.39 is 21.7 Å². The maximum atomic E-state index is 13.5. The third-order valence-corrected chi connectivity index (χ3v) is 6.62. The molecule has 2 atom stereocenters. The van der Waals surface area contributed by atoms with E-state index in [0.29, 0.717) is 16.7 Å². The maximum Gasteiger partial charge on any atom is 0.240 e. The second-order valence-electron chi connectivity index (χ2n) is 7.32. The minimum absolute atomic E-state index is 0.123. The van der Waals surface area contributed by atoms with Gasteiger partial charge in [0.2, 0.25) is 10.0 Å². The van der Waals surface area contributed by atoms with Gasteiger partial charge in [0, 0.05) is 18.2 Å². The fourth-order valence-electron chi connectivity index (χ4n) is 3.80. The molecule has 1 aliphatic rings. The molecule has 0 bridgehead atoms. The summed E-state index contributed by atoms with van der Waals surface area (Å²) in [5.74, 6) is -1.34. The SMILES string of the molecule is Cc1cc(S(=O)(=O)N[C@@H]2CCC[C@H]2N(C)C)ccc1-c1cc(F)cc(F)c1. The zero-order chi connectivity index (χ0) is 19.8. The van der Waals surface area contributed by atoms with Crippen molar-refractivity contribution < 1.29 is 17.2 Å². The van der Waals surface area contributed by atoms with Crippen molar-refractivity contribution >= 4 is 10.0 Å². The zero-order valence-electron chi connectivity index (χ0n) is 15.7. The van der Waals surface area contributed by atoms with Crippen molar-refractivity contribution in [2.75, 3.05) is 14.1 Å². The van der Waals surface area contributed by atoms with Gasteiger partial charge in [-0.05, 0) is 74.8 Å². The number of halogens is 2. The van der Waals surface area contributed by atoms with Gasteiger partial charge in [0.15, 0.2) is 0 Å². The smallest absolute Gasteiger partial charge is 0.240 e. The van der Waals surface area contributed by atoms with Crippen LogP contribution in [0.5, 0.6) is 0 Å². The van der Waals surface area contributed by atoms with Crippen LogP contribution in [-0.2, 0) is 10.0 Å². The third-order valence-electron chi connectivity index (χ3n) is 5.13. The molecule has 3 rings (SSSR count). The van der Waals surface area contributed by atoms with Gasteiger partial charge < -0.3 is 4.90 Å². The van der Waals surface area contributed by atoms with Crippen LogP contribution in [0.25, 0.3) is 11.1 Å². The highest BCUT2D eigenvalue weighted by molar-refractivity contribution is 7.89. The van der Waals surface area contributed by atoms with Crippen molar-refractivity contribution in [3.05, 3.63) is 53.6 Å². The highest BCUT2D eigenvalue weighted by Gasteiger charge is 2.32. The average molecular weight is 394 g/mol. The Bertz CT molecular complexity index is 925. The topological polar surface area (TPSA) is 49.4 Å². The van der Waals surface area contributed by atoms with Gasteiger partial charge in [-0.25, -0.2) is 21.9 Å². The Kier molecular flexibility index (Phi) is 5.65. The van der Waals surface area contributed by atoms with Crippen LogP contribution in [0.15, 0.2) is 41.3 Å². The molecule has 2 aromatic carbocycles. The molecule has 0 aromatic heterocycles. The Morgan fingerprint density at radius 3 is 2.30 bits per heavy atom. The van der Waals surface area contributed by atoms with Crippen molar-refractivity contribution in [1.82, 2.24) is 9.62 Å². The molecular formula is C20H24F2N2O2S. The summed E-state index contributed by atoms with van der Waals surface area (Å²) in [6, 6.07) is 7.95. The second-order valence-corrected chi connectivity index (χ2v) is 9.04. The Morgan fingerprint density at radius 2 is 1.70 bits per heavy atom. The molecule has 27 heavy (non-hydrogen) atoms. The molecule has 7 heteroatoms. The first-order valence-corrected chi connectivity index (χ1v) is 10.4. The number of hydrogen-bond acceptors (Lipinski definition) is 3. The number of benzene rings is 2. The summed E-state index contributed by atoms with van der Waals surface area (Å²) in [7, 11) is 0.233. The fourth-order valence-corrected chi connectivity index (χ4v) is 5.19. The van der Waals surface area contributed by atoms with Crippen molar-refractivity contribution in [3.8, 4) is 11.1 Å². The summed E-state index contributed by atoms with van der Waals surface area (Å²) in [5, 5.41) is 0. The van der Waals surface area contributed by atoms with Crippen LogP contribution in [0, 0.1) is 18.6 Å². The van der Waals surface area contributed by atoms with Crippen molar-refractivity contribution in [3.63, 3.8) is 0 Å². The molecular weight excluding hydrogens is 370 g/mol. The van der Waals surface area contributed by atoms with E-state index in [0.717, 1.165) is 25.3 Å². The van der Waals surface area contributed by atoms with Gasteiger partial charge in [-0.3, -0.25) is 0 Å². The monoisotopic (exact) mass is 394 g/mol. The summed E-state index contributed by atoms with van der Waals surface area (Å²) < 4.78 is 55.4. The molecule has 0 amide bonds. The van der Waals surface area contributed by atoms with E-state index in [-0.39, 0.29) is 17.0 Å². The summed E-state index contributed by atoms with van der Waals surface area (Å²) >= 11 is 0. The van der Waals surface area contributed by atoms with Crippen LogP contribution in [0.1, 0.15) is 24.8 Å². The molecule has 0 saturated heterocycles. The standard InChI is InChI=1S/C20H24F2N2O2S/c1-13-9-17(7-8-18(13)14-10-15(21)12-16(22)11-14)27(25,26)23-19-5-4-6-20(19)24(2)3/h7-12,19-20,23H,4-6H2,1-3H3/t19-,20-/m1/s1. The normalized spacial score (nSPS) is 20.4. The maximum absolute atomic E-state index is 13.5. The third kappa shape index (κ3) is 4.36. The van der Waals surface area contributed by atoms with Gasteiger partial charge in [-0.1, -0.05) is 12.5 Å². The summed E-state index contributed by atoms with van der Waals surface area (Å²) in [6.45, 7) is 1.73. The lowest BCUT2D eigenvalue weighted by Gasteiger charge is -2.26. The van der Waals surface area contributed by atoms with E-state index >= 15 is 0 Å². The lowest BCUT2D eigenvalue weighted by atomic mass is 10.0. The molecule has 1 N–H and O–H groups in total. The van der Waals surface area contributed by atoms with Gasteiger partial charge in [0.25, 0.3) is 0 Å². The minimum atomic E-state index is -3.67. The Morgan fingerprint density at radius 1 is 1.04 bits per heavy atom. The summed E-state index contributed by atoms with van der Waals surface area (Å²) in [4.78, 5) is 2.21. The molecule has 0 heterocycles. The first-order chi connectivity index (χ1) is 12.7. The van der Waals surface area contributed by atoms with Crippen LogP contribution in [0.2, 0.25) is 0 Å². The number of rotatable bonds is 5. The van der Waals surface area contributed by atoms with E-state index in [1.54, 1.807) is 19.1 Å². The predicted octanol–water partition coefficient (Wildman–Crippen LogP) is 3.70. The van der Waals surface area contributed by atoms with Gasteiger partial charge in [0.1, 0.15) is 11.6 Å². The predicted molar refractivity (Wildman–Crippen MR) is 102 cm³/mol. The first-order valence-electron chi connectivity index (χ1n) is 8.93. The molecule has 1 aliphatic carbocycles. The van der Waals surface area contributed by atoms with E-state index in [9.17, 15) is 17.2 Å². The average Bonchev–Trinajstić information content (AvgIpc) is 3.01. The summed E-state index contributed by atoms with van der Waals surface area (Å²) in [6.07, 6.45) is 2.75. The molecule has 146 valence electrons. The van der Waals surface area contributed by atoms with Crippen LogP contribution in [0.3, 0.4) is 0 Å². The lowest BCUT2D eigenvalue weighted by molar-refractivity contribution is 0.267. The Hall–Kier alpha value is -1.83. The highest BCUT2D eigenvalue weighted by Crippen LogP contribution is 2.28. The molecule has 0 radical (unpaired) electrons. The molecule has 0 unspecified atom stereocenters. The highest BCUT2D eigenvalue weighted by atomic mass is 32.2. The van der Waals surface area contributed by atoms with E-state index in [1.165, 1.54) is 18.2 Å². The van der Waals surface area contributed by atoms with Crippen LogP contribution in [0.4, 0.5) is 8.78 Å². The molecule has 4 nitrogen and oxygen atoms in total. The number of likely N-dealkylation sites (N-methyl/N-ethyl adjacent to an activating group) is 1. The Balaban J connectivity index is 1.88. The fraction of sp³-hybridized carbons (Fsp3) is 0.400. The van der Waals surface area contributed by atoms with Crippen LogP contribution >= 0.6 is 0 Å². The molecule has 1 saturated carbocycles. The van der Waals surface area contributed by atoms with Crippen molar-refractivity contribution in [1.29, 1.82) is 0 Å². The van der Waals surface area contributed by atoms with Crippen molar-refractivity contribution in [2.45, 2.75) is 43.2 Å². The number of hydrogen-bond donors (Lipinski definition) is 1. The van der Waals surface area contributed by atoms with Crippen molar-refractivity contribution in [2.24, 2.45) is 0 Å². The van der Waals surface area contributed by atoms with Gasteiger partial charge in [-0.15, -0.1) is 0 Å². The van der Waals surface area contributed by atoms with Crippen LogP contribution in [-0.4, -0.2) is 39.5 Å². The first kappa shape index (κ1) is 19.9. The Labute approximate surface area is 159 Å². The van der Waals surface area contributed by atoms with E-state index in [2.05, 4.69) is 4.72 Å². The van der Waals surface area contributed by atoms with Gasteiger partial charge in [-0.2, -0.15) is 0 Å². The van der Waals surface area contributed by atoms with E-state index in [1.807, 2.05) is 19.0 Å². The zero-order valence-corrected chi connectivity index (χ0v) is 16.5. The number of sulfonamides is 1. The van der Waals surface area contributed by atoms with Gasteiger partial charge in [0.05, 0.1) is 4.90 Å².